The fourth-order valence-electron chi connectivity index (χ4n) is 2.32. The molecule has 0 saturated heterocycles. The first kappa shape index (κ1) is 17.1. The third-order valence-corrected chi connectivity index (χ3v) is 3.50. The lowest BCUT2D eigenvalue weighted by molar-refractivity contribution is 0.102. The smallest absolute Gasteiger partial charge is 0.255 e. The molecule has 3 heteroatoms. The minimum atomic E-state index is -0.125. The topological polar surface area (TPSA) is 38.3 Å². The second kappa shape index (κ2) is 8.37. The largest absolute Gasteiger partial charge is 0.491 e. The summed E-state index contributed by atoms with van der Waals surface area (Å²) >= 11 is 0. The van der Waals surface area contributed by atoms with Gasteiger partial charge >= 0.3 is 0 Å². The highest BCUT2D eigenvalue weighted by Crippen LogP contribution is 2.17. The molecule has 23 heavy (non-hydrogen) atoms. The van der Waals surface area contributed by atoms with E-state index in [2.05, 4.69) is 24.4 Å². The number of ether oxygens (including phenoxy) is 1. The Labute approximate surface area is 138 Å². The predicted octanol–water partition coefficient (Wildman–Crippen LogP) is 5.07. The summed E-state index contributed by atoms with van der Waals surface area (Å²) in [4.78, 5) is 12.3. The lowest BCUT2D eigenvalue weighted by Gasteiger charge is -2.11. The Bertz CT molecular complexity index is 632. The summed E-state index contributed by atoms with van der Waals surface area (Å²) in [5.74, 6) is 0.586. The SMILES string of the molecule is CCCCc1ccc(NC(=O)c2cccc(OC(C)C)c2)cc1. The van der Waals surface area contributed by atoms with Crippen molar-refractivity contribution in [2.24, 2.45) is 0 Å². The second-order valence-electron chi connectivity index (χ2n) is 5.95. The van der Waals surface area contributed by atoms with Crippen LogP contribution in [0.15, 0.2) is 48.5 Å². The normalized spacial score (nSPS) is 10.6. The van der Waals surface area contributed by atoms with E-state index in [-0.39, 0.29) is 12.0 Å². The number of carbonyl (C=O) groups is 1. The zero-order valence-corrected chi connectivity index (χ0v) is 14.1. The van der Waals surface area contributed by atoms with Crippen LogP contribution in [0.2, 0.25) is 0 Å². The quantitative estimate of drug-likeness (QED) is 0.775. The molecule has 0 aliphatic carbocycles. The molecule has 0 spiro atoms. The van der Waals surface area contributed by atoms with E-state index in [0.717, 1.165) is 12.1 Å². The monoisotopic (exact) mass is 311 g/mol. The Morgan fingerprint density at radius 3 is 2.52 bits per heavy atom. The van der Waals surface area contributed by atoms with Crippen molar-refractivity contribution >= 4 is 11.6 Å². The predicted molar refractivity (Wildman–Crippen MR) is 95.2 cm³/mol. The molecule has 1 N–H and O–H groups in total. The zero-order valence-electron chi connectivity index (χ0n) is 14.1. The van der Waals surface area contributed by atoms with Crippen molar-refractivity contribution in [3.63, 3.8) is 0 Å². The molecule has 1 amide bonds. The van der Waals surface area contributed by atoms with Crippen molar-refractivity contribution < 1.29 is 9.53 Å². The minimum Gasteiger partial charge on any atom is -0.491 e. The number of hydrogen-bond donors (Lipinski definition) is 1. The fourth-order valence-corrected chi connectivity index (χ4v) is 2.32. The van der Waals surface area contributed by atoms with Gasteiger partial charge in [0.2, 0.25) is 0 Å². The molecule has 0 atom stereocenters. The molecule has 0 heterocycles. The molecule has 0 unspecified atom stereocenters. The zero-order chi connectivity index (χ0) is 16.7. The van der Waals surface area contributed by atoms with E-state index in [9.17, 15) is 4.79 Å². The molecule has 2 rings (SSSR count). The van der Waals surface area contributed by atoms with Gasteiger partial charge in [-0.3, -0.25) is 4.79 Å². The number of carbonyl (C=O) groups excluding carboxylic acids is 1. The van der Waals surface area contributed by atoms with Crippen LogP contribution in [0.3, 0.4) is 0 Å². The van der Waals surface area contributed by atoms with E-state index < -0.39 is 0 Å². The average molecular weight is 311 g/mol. The van der Waals surface area contributed by atoms with Gasteiger partial charge in [-0.05, 0) is 62.6 Å². The van der Waals surface area contributed by atoms with Crippen LogP contribution < -0.4 is 10.1 Å². The van der Waals surface area contributed by atoms with Crippen molar-refractivity contribution in [2.75, 3.05) is 5.32 Å². The fraction of sp³-hybridized carbons (Fsp3) is 0.350. The number of anilines is 1. The van der Waals surface area contributed by atoms with Gasteiger partial charge in [0.25, 0.3) is 5.91 Å². The summed E-state index contributed by atoms with van der Waals surface area (Å²) in [7, 11) is 0. The Morgan fingerprint density at radius 1 is 1.13 bits per heavy atom. The Kier molecular flexibility index (Phi) is 6.21. The molecule has 0 saturated carbocycles. The van der Waals surface area contributed by atoms with Crippen LogP contribution in [-0.2, 0) is 6.42 Å². The maximum atomic E-state index is 12.3. The van der Waals surface area contributed by atoms with Gasteiger partial charge in [-0.1, -0.05) is 31.5 Å². The molecule has 2 aromatic carbocycles. The molecule has 2 aromatic rings. The molecule has 0 aliphatic rings. The van der Waals surface area contributed by atoms with Crippen molar-refractivity contribution in [3.8, 4) is 5.75 Å². The lowest BCUT2D eigenvalue weighted by atomic mass is 10.1. The van der Waals surface area contributed by atoms with Gasteiger partial charge in [-0.25, -0.2) is 0 Å². The van der Waals surface area contributed by atoms with Crippen molar-refractivity contribution in [2.45, 2.75) is 46.1 Å². The highest BCUT2D eigenvalue weighted by atomic mass is 16.5. The molecule has 0 aromatic heterocycles. The molecule has 0 radical (unpaired) electrons. The summed E-state index contributed by atoms with van der Waals surface area (Å²) in [6, 6.07) is 15.3. The van der Waals surface area contributed by atoms with Gasteiger partial charge in [-0.2, -0.15) is 0 Å². The van der Waals surface area contributed by atoms with Crippen LogP contribution >= 0.6 is 0 Å². The van der Waals surface area contributed by atoms with Crippen molar-refractivity contribution in [1.82, 2.24) is 0 Å². The van der Waals surface area contributed by atoms with Gasteiger partial charge in [0.1, 0.15) is 5.75 Å². The van der Waals surface area contributed by atoms with E-state index in [1.807, 2.05) is 38.1 Å². The number of benzene rings is 2. The van der Waals surface area contributed by atoms with Gasteiger partial charge in [0, 0.05) is 11.3 Å². The Hall–Kier alpha value is -2.29. The lowest BCUT2D eigenvalue weighted by Crippen LogP contribution is -2.12. The van der Waals surface area contributed by atoms with Gasteiger partial charge in [0.15, 0.2) is 0 Å². The maximum absolute atomic E-state index is 12.3. The van der Waals surface area contributed by atoms with E-state index in [0.29, 0.717) is 11.3 Å². The highest BCUT2D eigenvalue weighted by molar-refractivity contribution is 6.04. The van der Waals surface area contributed by atoms with Crippen LogP contribution in [0.4, 0.5) is 5.69 Å². The summed E-state index contributed by atoms with van der Waals surface area (Å²) in [5.41, 5.74) is 2.71. The molecular weight excluding hydrogens is 286 g/mol. The van der Waals surface area contributed by atoms with Crippen LogP contribution in [0, 0.1) is 0 Å². The first-order chi connectivity index (χ1) is 11.1. The summed E-state index contributed by atoms with van der Waals surface area (Å²) in [6.07, 6.45) is 3.55. The van der Waals surface area contributed by atoms with Crippen LogP contribution in [0.1, 0.15) is 49.5 Å². The maximum Gasteiger partial charge on any atom is 0.255 e. The first-order valence-electron chi connectivity index (χ1n) is 8.25. The number of amides is 1. The number of unbranched alkanes of at least 4 members (excludes halogenated alkanes) is 1. The number of rotatable bonds is 7. The van der Waals surface area contributed by atoms with Crippen LogP contribution in [0.25, 0.3) is 0 Å². The molecule has 3 nitrogen and oxygen atoms in total. The molecule has 0 fully saturated rings. The standard InChI is InChI=1S/C20H25NO2/c1-4-5-7-16-10-12-18(13-11-16)21-20(22)17-8-6-9-19(14-17)23-15(2)3/h6,8-15H,4-5,7H2,1-3H3,(H,21,22). The van der Waals surface area contributed by atoms with E-state index in [4.69, 9.17) is 4.74 Å². The first-order valence-corrected chi connectivity index (χ1v) is 8.25. The molecule has 0 bridgehead atoms. The second-order valence-corrected chi connectivity index (χ2v) is 5.95. The summed E-state index contributed by atoms with van der Waals surface area (Å²) in [5, 5.41) is 2.93. The van der Waals surface area contributed by atoms with Gasteiger partial charge < -0.3 is 10.1 Å². The van der Waals surface area contributed by atoms with E-state index in [1.54, 1.807) is 12.1 Å². The highest BCUT2D eigenvalue weighted by Gasteiger charge is 2.08. The number of aryl methyl sites for hydroxylation is 1. The van der Waals surface area contributed by atoms with Crippen LogP contribution in [0.5, 0.6) is 5.75 Å². The minimum absolute atomic E-state index is 0.0870. The van der Waals surface area contributed by atoms with E-state index in [1.165, 1.54) is 18.4 Å². The Morgan fingerprint density at radius 2 is 1.87 bits per heavy atom. The average Bonchev–Trinajstić information content (AvgIpc) is 2.54. The van der Waals surface area contributed by atoms with Gasteiger partial charge in [-0.15, -0.1) is 0 Å². The third kappa shape index (κ3) is 5.44. The summed E-state index contributed by atoms with van der Waals surface area (Å²) < 4.78 is 5.63. The van der Waals surface area contributed by atoms with E-state index >= 15 is 0 Å². The van der Waals surface area contributed by atoms with Crippen LogP contribution in [-0.4, -0.2) is 12.0 Å². The number of hydrogen-bond acceptors (Lipinski definition) is 2. The van der Waals surface area contributed by atoms with Gasteiger partial charge in [0.05, 0.1) is 6.10 Å². The third-order valence-electron chi connectivity index (χ3n) is 3.50. The number of nitrogens with one attached hydrogen (secondary N) is 1. The molecular formula is C20H25NO2. The molecule has 0 aliphatic heterocycles. The Balaban J connectivity index is 2.01. The van der Waals surface area contributed by atoms with Crippen molar-refractivity contribution in [3.05, 3.63) is 59.7 Å². The molecule has 122 valence electrons. The van der Waals surface area contributed by atoms with Crippen molar-refractivity contribution in [1.29, 1.82) is 0 Å². The summed E-state index contributed by atoms with van der Waals surface area (Å²) in [6.45, 7) is 6.12.